The normalized spacial score (nSPS) is 9.94. The molecule has 0 fully saturated rings. The van der Waals surface area contributed by atoms with Crippen molar-refractivity contribution in [3.8, 4) is 12.3 Å². The number of carboxylic acid groups (broad SMARTS) is 1. The maximum absolute atomic E-state index is 10.8. The lowest BCUT2D eigenvalue weighted by molar-refractivity contribution is 0.0696. The largest absolute Gasteiger partial charge is 0.478 e. The average molecular weight is 217 g/mol. The average Bonchev–Trinajstić information content (AvgIpc) is 2.29. The third-order valence-electron chi connectivity index (χ3n) is 1.80. The second-order valence-corrected chi connectivity index (χ2v) is 2.91. The Morgan fingerprint density at radius 3 is 3.00 bits per heavy atom. The van der Waals surface area contributed by atoms with Gasteiger partial charge in [0, 0.05) is 12.0 Å². The van der Waals surface area contributed by atoms with E-state index >= 15 is 0 Å². The summed E-state index contributed by atoms with van der Waals surface area (Å²) in [6.45, 7) is 0.322. The van der Waals surface area contributed by atoms with Crippen LogP contribution in [0.15, 0.2) is 29.4 Å². The summed E-state index contributed by atoms with van der Waals surface area (Å²) in [6.07, 6.45) is 6.86. The van der Waals surface area contributed by atoms with E-state index < -0.39 is 5.97 Å². The number of hydrogen-bond acceptors (Lipinski definition) is 3. The van der Waals surface area contributed by atoms with Crippen molar-refractivity contribution >= 4 is 12.2 Å². The zero-order chi connectivity index (χ0) is 11.8. The zero-order valence-corrected chi connectivity index (χ0v) is 8.59. The van der Waals surface area contributed by atoms with Crippen molar-refractivity contribution in [3.63, 3.8) is 0 Å². The van der Waals surface area contributed by atoms with Gasteiger partial charge in [0.2, 0.25) is 0 Å². The monoisotopic (exact) mass is 217 g/mol. The van der Waals surface area contributed by atoms with Gasteiger partial charge in [-0.3, -0.25) is 0 Å². The van der Waals surface area contributed by atoms with Crippen LogP contribution in [0.25, 0.3) is 0 Å². The molecule has 4 nitrogen and oxygen atoms in total. The first-order valence-corrected chi connectivity index (χ1v) is 4.67. The van der Waals surface area contributed by atoms with Crippen molar-refractivity contribution < 1.29 is 14.7 Å². The Morgan fingerprint density at radius 2 is 2.31 bits per heavy atom. The smallest absolute Gasteiger partial charge is 0.336 e. The third kappa shape index (κ3) is 3.46. The highest BCUT2D eigenvalue weighted by atomic mass is 16.6. The van der Waals surface area contributed by atoms with Crippen molar-refractivity contribution in [2.24, 2.45) is 5.16 Å². The van der Waals surface area contributed by atoms with Crippen molar-refractivity contribution in [3.05, 3.63) is 35.4 Å². The molecule has 0 heterocycles. The Bertz CT molecular complexity index is 432. The van der Waals surface area contributed by atoms with E-state index in [1.807, 2.05) is 0 Å². The maximum Gasteiger partial charge on any atom is 0.336 e. The van der Waals surface area contributed by atoms with Gasteiger partial charge < -0.3 is 9.94 Å². The van der Waals surface area contributed by atoms with Crippen LogP contribution in [-0.2, 0) is 4.84 Å². The second kappa shape index (κ2) is 6.25. The van der Waals surface area contributed by atoms with Crippen molar-refractivity contribution in [1.29, 1.82) is 0 Å². The summed E-state index contributed by atoms with van der Waals surface area (Å²) in [5.74, 6) is 1.41. The Hall–Kier alpha value is -2.28. The van der Waals surface area contributed by atoms with Gasteiger partial charge in [-0.2, -0.15) is 0 Å². The summed E-state index contributed by atoms with van der Waals surface area (Å²) in [4.78, 5) is 15.7. The first kappa shape index (κ1) is 11.8. The Balaban J connectivity index is 2.66. The van der Waals surface area contributed by atoms with Crippen LogP contribution in [0.3, 0.4) is 0 Å². The highest BCUT2D eigenvalue weighted by Gasteiger charge is 2.06. The first-order chi connectivity index (χ1) is 7.75. The number of oxime groups is 1. The van der Waals surface area contributed by atoms with Crippen molar-refractivity contribution in [2.75, 3.05) is 6.61 Å². The third-order valence-corrected chi connectivity index (χ3v) is 1.80. The van der Waals surface area contributed by atoms with Gasteiger partial charge >= 0.3 is 5.97 Å². The fourth-order valence-corrected chi connectivity index (χ4v) is 1.06. The van der Waals surface area contributed by atoms with Crippen LogP contribution in [0.1, 0.15) is 22.3 Å². The van der Waals surface area contributed by atoms with Gasteiger partial charge in [0.25, 0.3) is 0 Å². The molecular weight excluding hydrogens is 206 g/mol. The van der Waals surface area contributed by atoms with E-state index in [1.165, 1.54) is 12.3 Å². The van der Waals surface area contributed by atoms with E-state index in [4.69, 9.17) is 16.4 Å². The molecule has 1 aromatic rings. The predicted octanol–water partition coefficient (Wildman–Crippen LogP) is 1.76. The molecule has 0 aliphatic heterocycles. The summed E-state index contributed by atoms with van der Waals surface area (Å²) in [6, 6.07) is 6.54. The van der Waals surface area contributed by atoms with Crippen LogP contribution in [0, 0.1) is 12.3 Å². The minimum absolute atomic E-state index is 0.187. The van der Waals surface area contributed by atoms with Gasteiger partial charge in [-0.15, -0.1) is 12.3 Å². The Kier molecular flexibility index (Phi) is 4.61. The molecule has 0 aromatic heterocycles. The molecule has 0 aliphatic carbocycles. The summed E-state index contributed by atoms with van der Waals surface area (Å²) < 4.78 is 0. The molecule has 0 saturated heterocycles. The lowest BCUT2D eigenvalue weighted by Gasteiger charge is -1.99. The zero-order valence-electron chi connectivity index (χ0n) is 8.59. The van der Waals surface area contributed by atoms with E-state index in [-0.39, 0.29) is 5.56 Å². The molecule has 0 aliphatic rings. The number of carboxylic acids is 1. The topological polar surface area (TPSA) is 58.9 Å². The Morgan fingerprint density at radius 1 is 1.56 bits per heavy atom. The molecule has 4 heteroatoms. The van der Waals surface area contributed by atoms with E-state index in [0.29, 0.717) is 18.6 Å². The molecule has 0 saturated carbocycles. The van der Waals surface area contributed by atoms with Gasteiger partial charge in [0.05, 0.1) is 11.8 Å². The van der Waals surface area contributed by atoms with Gasteiger partial charge in [-0.05, 0) is 6.07 Å². The fraction of sp³-hybridized carbons (Fsp3) is 0.167. The van der Waals surface area contributed by atoms with E-state index in [1.54, 1.807) is 18.2 Å². The molecule has 1 rings (SSSR count). The van der Waals surface area contributed by atoms with Gasteiger partial charge in [-0.25, -0.2) is 4.79 Å². The van der Waals surface area contributed by atoms with Crippen molar-refractivity contribution in [1.82, 2.24) is 0 Å². The highest BCUT2D eigenvalue weighted by Crippen LogP contribution is 2.05. The molecule has 0 spiro atoms. The molecule has 16 heavy (non-hydrogen) atoms. The van der Waals surface area contributed by atoms with Crippen LogP contribution in [0.2, 0.25) is 0 Å². The van der Waals surface area contributed by atoms with E-state index in [9.17, 15) is 4.79 Å². The lowest BCUT2D eigenvalue weighted by atomic mass is 10.1. The number of hydrogen-bond donors (Lipinski definition) is 1. The molecular formula is C12H11NO3. The molecule has 1 N–H and O–H groups in total. The minimum Gasteiger partial charge on any atom is -0.478 e. The number of carbonyl (C=O) groups is 1. The van der Waals surface area contributed by atoms with Gasteiger partial charge in [0.1, 0.15) is 6.61 Å². The quantitative estimate of drug-likeness (QED) is 0.354. The maximum atomic E-state index is 10.8. The standard InChI is InChI=1S/C12H11NO3/c1-2-3-8-16-13-9-10-6-4-5-7-11(10)12(14)15/h1,4-7,9H,3,8H2,(H,14,15)/b13-9+. The SMILES string of the molecule is C#CCCO/N=C/c1ccccc1C(=O)O. The fourth-order valence-electron chi connectivity index (χ4n) is 1.06. The summed E-state index contributed by atoms with van der Waals surface area (Å²) in [5, 5.41) is 12.5. The highest BCUT2D eigenvalue weighted by molar-refractivity contribution is 5.98. The van der Waals surface area contributed by atoms with Crippen LogP contribution in [-0.4, -0.2) is 23.9 Å². The second-order valence-electron chi connectivity index (χ2n) is 2.91. The molecule has 0 amide bonds. The van der Waals surface area contributed by atoms with Crippen molar-refractivity contribution in [2.45, 2.75) is 6.42 Å². The number of rotatable bonds is 5. The molecule has 0 unspecified atom stereocenters. The van der Waals surface area contributed by atoms with Crippen LogP contribution >= 0.6 is 0 Å². The van der Waals surface area contributed by atoms with Gasteiger partial charge in [0.15, 0.2) is 0 Å². The van der Waals surface area contributed by atoms with Crippen LogP contribution < -0.4 is 0 Å². The summed E-state index contributed by atoms with van der Waals surface area (Å²) >= 11 is 0. The molecule has 1 aromatic carbocycles. The molecule has 0 atom stereocenters. The Labute approximate surface area is 93.5 Å². The number of benzene rings is 1. The van der Waals surface area contributed by atoms with E-state index in [2.05, 4.69) is 11.1 Å². The molecule has 0 radical (unpaired) electrons. The van der Waals surface area contributed by atoms with Gasteiger partial charge in [-0.1, -0.05) is 23.4 Å². The molecule has 0 bridgehead atoms. The van der Waals surface area contributed by atoms with Crippen LogP contribution in [0.5, 0.6) is 0 Å². The first-order valence-electron chi connectivity index (χ1n) is 4.67. The van der Waals surface area contributed by atoms with E-state index in [0.717, 1.165) is 0 Å². The summed E-state index contributed by atoms with van der Waals surface area (Å²) in [7, 11) is 0. The number of terminal acetylenes is 1. The summed E-state index contributed by atoms with van der Waals surface area (Å²) in [5.41, 5.74) is 0.683. The van der Waals surface area contributed by atoms with Crippen LogP contribution in [0.4, 0.5) is 0 Å². The lowest BCUT2D eigenvalue weighted by Crippen LogP contribution is -2.01. The minimum atomic E-state index is -0.995. The molecule has 82 valence electrons. The number of aromatic carboxylic acids is 1. The number of nitrogens with zero attached hydrogens (tertiary/aromatic N) is 1. The predicted molar refractivity (Wildman–Crippen MR) is 60.4 cm³/mol.